The molecule has 122 valence electrons. The van der Waals surface area contributed by atoms with Gasteiger partial charge in [-0.05, 0) is 54.1 Å². The molecule has 1 amide bonds. The largest absolute Gasteiger partial charge is 0.326 e. The molecule has 1 aromatic carbocycles. The van der Waals surface area contributed by atoms with Gasteiger partial charge in [-0.3, -0.25) is 9.78 Å². The van der Waals surface area contributed by atoms with Gasteiger partial charge in [0, 0.05) is 36.4 Å². The average Bonchev–Trinajstić information content (AvgIpc) is 3.01. The van der Waals surface area contributed by atoms with E-state index in [0.717, 1.165) is 21.3 Å². The van der Waals surface area contributed by atoms with Gasteiger partial charge in [0.1, 0.15) is 6.33 Å². The highest BCUT2D eigenvalue weighted by Gasteiger charge is 2.06. The third-order valence-electron chi connectivity index (χ3n) is 3.38. The molecule has 7 heteroatoms. The van der Waals surface area contributed by atoms with E-state index in [1.54, 1.807) is 18.7 Å². The highest BCUT2D eigenvalue weighted by Crippen LogP contribution is 2.26. The van der Waals surface area contributed by atoms with Gasteiger partial charge < -0.3 is 9.88 Å². The Bertz CT molecular complexity index is 801. The maximum Gasteiger partial charge on any atom is 0.224 e. The van der Waals surface area contributed by atoms with Gasteiger partial charge in [-0.15, -0.1) is 10.2 Å². The van der Waals surface area contributed by atoms with Crippen molar-refractivity contribution in [2.75, 3.05) is 5.32 Å². The third-order valence-corrected chi connectivity index (χ3v) is 4.44. The highest BCUT2D eigenvalue weighted by molar-refractivity contribution is 7.99. The molecule has 3 rings (SSSR count). The van der Waals surface area contributed by atoms with Gasteiger partial charge in [0.25, 0.3) is 0 Å². The van der Waals surface area contributed by atoms with Crippen LogP contribution in [0, 0.1) is 0 Å². The smallest absolute Gasteiger partial charge is 0.224 e. The van der Waals surface area contributed by atoms with Crippen molar-refractivity contribution >= 4 is 23.4 Å². The van der Waals surface area contributed by atoms with Gasteiger partial charge in [0.05, 0.1) is 0 Å². The van der Waals surface area contributed by atoms with E-state index < -0.39 is 0 Å². The first-order valence-corrected chi connectivity index (χ1v) is 8.33. The minimum Gasteiger partial charge on any atom is -0.326 e. The fourth-order valence-electron chi connectivity index (χ4n) is 2.10. The highest BCUT2D eigenvalue weighted by atomic mass is 32.2. The summed E-state index contributed by atoms with van der Waals surface area (Å²) in [6.45, 7) is 0. The molecule has 2 aromatic heterocycles. The Labute approximate surface area is 144 Å². The van der Waals surface area contributed by atoms with Crippen molar-refractivity contribution in [3.63, 3.8) is 0 Å². The molecule has 0 spiro atoms. The topological polar surface area (TPSA) is 72.7 Å². The molecule has 0 atom stereocenters. The zero-order chi connectivity index (χ0) is 16.8. The van der Waals surface area contributed by atoms with Gasteiger partial charge in [0.15, 0.2) is 5.16 Å². The molecule has 0 radical (unpaired) electrons. The van der Waals surface area contributed by atoms with Crippen molar-refractivity contribution in [1.29, 1.82) is 0 Å². The molecular formula is C17H17N5OS. The fraction of sp³-hybridized carbons (Fsp3) is 0.176. The number of hydrogen-bond acceptors (Lipinski definition) is 5. The lowest BCUT2D eigenvalue weighted by Gasteiger charge is -2.06. The number of nitrogens with zero attached hydrogens (tertiary/aromatic N) is 4. The first kappa shape index (κ1) is 16.2. The van der Waals surface area contributed by atoms with Crippen molar-refractivity contribution in [3.05, 3.63) is 60.7 Å². The van der Waals surface area contributed by atoms with Crippen LogP contribution in [-0.2, 0) is 18.3 Å². The number of carbonyl (C=O) groups excluding carboxylic acids is 1. The van der Waals surface area contributed by atoms with Crippen molar-refractivity contribution < 1.29 is 4.79 Å². The third kappa shape index (κ3) is 4.42. The number of hydrogen-bond donors (Lipinski definition) is 1. The molecule has 0 fully saturated rings. The van der Waals surface area contributed by atoms with E-state index in [9.17, 15) is 4.79 Å². The lowest BCUT2D eigenvalue weighted by Crippen LogP contribution is -2.12. The normalized spacial score (nSPS) is 10.5. The minimum atomic E-state index is -0.00689. The molecule has 1 N–H and O–H groups in total. The first-order valence-electron chi connectivity index (χ1n) is 7.51. The summed E-state index contributed by atoms with van der Waals surface area (Å²) < 4.78 is 1.86. The van der Waals surface area contributed by atoms with Gasteiger partial charge in [0.2, 0.25) is 5.91 Å². The van der Waals surface area contributed by atoms with E-state index in [-0.39, 0.29) is 5.91 Å². The number of anilines is 1. The summed E-state index contributed by atoms with van der Waals surface area (Å²) in [7, 11) is 1.90. The summed E-state index contributed by atoms with van der Waals surface area (Å²) in [6.07, 6.45) is 6.29. The maximum absolute atomic E-state index is 12.0. The Morgan fingerprint density at radius 1 is 1.25 bits per heavy atom. The number of carbonyl (C=O) groups is 1. The average molecular weight is 339 g/mol. The van der Waals surface area contributed by atoms with Crippen LogP contribution in [0.2, 0.25) is 0 Å². The molecule has 0 aliphatic rings. The molecule has 6 nitrogen and oxygen atoms in total. The Morgan fingerprint density at radius 3 is 2.75 bits per heavy atom. The number of amides is 1. The summed E-state index contributed by atoms with van der Waals surface area (Å²) in [5.74, 6) is -0.00689. The van der Waals surface area contributed by atoms with Crippen LogP contribution in [0.25, 0.3) is 0 Å². The Morgan fingerprint density at radius 2 is 2.08 bits per heavy atom. The van der Waals surface area contributed by atoms with Gasteiger partial charge in [-0.1, -0.05) is 6.07 Å². The van der Waals surface area contributed by atoms with Crippen LogP contribution in [-0.4, -0.2) is 25.7 Å². The SMILES string of the molecule is Cn1cnnc1Sc1ccc(NC(=O)CCc2cccnc2)cc1. The van der Waals surface area contributed by atoms with Crippen molar-refractivity contribution in [1.82, 2.24) is 19.7 Å². The van der Waals surface area contributed by atoms with E-state index in [0.29, 0.717) is 12.8 Å². The lowest BCUT2D eigenvalue weighted by atomic mass is 10.1. The van der Waals surface area contributed by atoms with E-state index in [1.165, 1.54) is 11.8 Å². The van der Waals surface area contributed by atoms with Crippen molar-refractivity contribution in [2.45, 2.75) is 22.9 Å². The predicted molar refractivity (Wildman–Crippen MR) is 92.8 cm³/mol. The zero-order valence-corrected chi connectivity index (χ0v) is 14.0. The number of aromatic nitrogens is 4. The van der Waals surface area contributed by atoms with Crippen molar-refractivity contribution in [2.24, 2.45) is 7.05 Å². The quantitative estimate of drug-likeness (QED) is 0.747. The zero-order valence-electron chi connectivity index (χ0n) is 13.2. The monoisotopic (exact) mass is 339 g/mol. The summed E-state index contributed by atoms with van der Waals surface area (Å²) in [4.78, 5) is 17.1. The molecule has 0 saturated carbocycles. The van der Waals surface area contributed by atoms with Gasteiger partial charge >= 0.3 is 0 Å². The van der Waals surface area contributed by atoms with Crippen LogP contribution >= 0.6 is 11.8 Å². The van der Waals surface area contributed by atoms with Gasteiger partial charge in [-0.2, -0.15) is 0 Å². The Kier molecular flexibility index (Phi) is 5.22. The summed E-state index contributed by atoms with van der Waals surface area (Å²) >= 11 is 1.53. The summed E-state index contributed by atoms with van der Waals surface area (Å²) in [6, 6.07) is 11.5. The second-order valence-corrected chi connectivity index (χ2v) is 6.30. The van der Waals surface area contributed by atoms with Crippen LogP contribution in [0.15, 0.2) is 65.2 Å². The number of benzene rings is 1. The van der Waals surface area contributed by atoms with Crippen LogP contribution in [0.4, 0.5) is 5.69 Å². The number of pyridine rings is 1. The Hall–Kier alpha value is -2.67. The van der Waals surface area contributed by atoms with E-state index in [1.807, 2.05) is 48.0 Å². The molecule has 0 bridgehead atoms. The first-order chi connectivity index (χ1) is 11.7. The Balaban J connectivity index is 1.52. The molecule has 0 saturated heterocycles. The number of aryl methyl sites for hydroxylation is 2. The molecular weight excluding hydrogens is 322 g/mol. The number of rotatable bonds is 6. The molecule has 0 aliphatic carbocycles. The molecule has 0 aliphatic heterocycles. The van der Waals surface area contributed by atoms with Crippen LogP contribution < -0.4 is 5.32 Å². The van der Waals surface area contributed by atoms with Crippen LogP contribution in [0.3, 0.4) is 0 Å². The molecule has 3 aromatic rings. The maximum atomic E-state index is 12.0. The van der Waals surface area contributed by atoms with Gasteiger partial charge in [-0.25, -0.2) is 0 Å². The van der Waals surface area contributed by atoms with Crippen LogP contribution in [0.5, 0.6) is 0 Å². The number of nitrogens with one attached hydrogen (secondary N) is 1. The predicted octanol–water partition coefficient (Wildman–Crippen LogP) is 2.93. The second kappa shape index (κ2) is 7.74. The lowest BCUT2D eigenvalue weighted by molar-refractivity contribution is -0.116. The molecule has 0 unspecified atom stereocenters. The fourth-order valence-corrected chi connectivity index (χ4v) is 2.87. The second-order valence-electron chi connectivity index (χ2n) is 5.26. The van der Waals surface area contributed by atoms with E-state index >= 15 is 0 Å². The van der Waals surface area contributed by atoms with Crippen molar-refractivity contribution in [3.8, 4) is 0 Å². The standard InChI is InChI=1S/C17H17N5OS/c1-22-12-19-21-17(22)24-15-7-5-14(6-8-15)20-16(23)9-4-13-3-2-10-18-11-13/h2-3,5-8,10-12H,4,9H2,1H3,(H,20,23). The van der Waals surface area contributed by atoms with Crippen LogP contribution in [0.1, 0.15) is 12.0 Å². The summed E-state index contributed by atoms with van der Waals surface area (Å²) in [5, 5.41) is 11.6. The molecule has 24 heavy (non-hydrogen) atoms. The van der Waals surface area contributed by atoms with E-state index in [2.05, 4.69) is 20.5 Å². The summed E-state index contributed by atoms with van der Waals surface area (Å²) in [5.41, 5.74) is 1.84. The minimum absolute atomic E-state index is 0.00689. The molecule has 2 heterocycles. The van der Waals surface area contributed by atoms with E-state index in [4.69, 9.17) is 0 Å².